The van der Waals surface area contributed by atoms with Crippen LogP contribution in [0, 0.1) is 0 Å². The average Bonchev–Trinajstić information content (AvgIpc) is 2.39. The summed E-state index contributed by atoms with van der Waals surface area (Å²) < 4.78 is 0. The second-order valence-corrected chi connectivity index (χ2v) is 3.92. The molecular formula is C14H13N3O2. The molecule has 2 rings (SSSR count). The van der Waals surface area contributed by atoms with Gasteiger partial charge in [0.05, 0.1) is 11.3 Å². The predicted molar refractivity (Wildman–Crippen MR) is 72.9 cm³/mol. The molecule has 0 unspecified atom stereocenters. The number of nitrogens with one attached hydrogen (secondary N) is 2. The first-order valence-electron chi connectivity index (χ1n) is 5.75. The number of nitrogens with zero attached hydrogens (tertiary/aromatic N) is 1. The molecule has 0 bridgehead atoms. The summed E-state index contributed by atoms with van der Waals surface area (Å²) in [6.45, 7) is 1.40. The van der Waals surface area contributed by atoms with Crippen molar-refractivity contribution >= 4 is 23.2 Å². The highest BCUT2D eigenvalue weighted by Crippen LogP contribution is 2.17. The highest BCUT2D eigenvalue weighted by molar-refractivity contribution is 6.09. The summed E-state index contributed by atoms with van der Waals surface area (Å²) in [5.74, 6) is -0.500. The Bertz CT molecular complexity index is 597. The van der Waals surface area contributed by atoms with E-state index in [0.717, 1.165) is 0 Å². The molecule has 0 saturated carbocycles. The van der Waals surface area contributed by atoms with E-state index in [2.05, 4.69) is 15.6 Å². The Morgan fingerprint density at radius 1 is 1.00 bits per heavy atom. The molecule has 96 valence electrons. The minimum absolute atomic E-state index is 0.218. The molecule has 5 nitrogen and oxygen atoms in total. The molecule has 1 aromatic heterocycles. The number of carbonyl (C=O) groups excluding carboxylic acids is 2. The zero-order valence-corrected chi connectivity index (χ0v) is 10.4. The van der Waals surface area contributed by atoms with E-state index in [0.29, 0.717) is 16.9 Å². The van der Waals surface area contributed by atoms with Crippen molar-refractivity contribution in [1.82, 2.24) is 4.98 Å². The highest BCUT2D eigenvalue weighted by atomic mass is 16.2. The van der Waals surface area contributed by atoms with Gasteiger partial charge in [0.1, 0.15) is 0 Å². The van der Waals surface area contributed by atoms with Crippen molar-refractivity contribution in [2.45, 2.75) is 6.92 Å². The van der Waals surface area contributed by atoms with Gasteiger partial charge in [-0.2, -0.15) is 0 Å². The van der Waals surface area contributed by atoms with Gasteiger partial charge in [0.2, 0.25) is 5.91 Å². The van der Waals surface area contributed by atoms with Crippen molar-refractivity contribution in [2.75, 3.05) is 10.6 Å². The first-order valence-corrected chi connectivity index (χ1v) is 5.75. The number of rotatable bonds is 3. The molecule has 0 saturated heterocycles. The van der Waals surface area contributed by atoms with Gasteiger partial charge in [-0.3, -0.25) is 14.6 Å². The summed E-state index contributed by atoms with van der Waals surface area (Å²) in [5.41, 5.74) is 1.55. The molecular weight excluding hydrogens is 242 g/mol. The molecule has 0 fully saturated rings. The highest BCUT2D eigenvalue weighted by Gasteiger charge is 2.11. The lowest BCUT2D eigenvalue weighted by Gasteiger charge is -2.10. The van der Waals surface area contributed by atoms with Crippen LogP contribution >= 0.6 is 0 Å². The third kappa shape index (κ3) is 3.38. The van der Waals surface area contributed by atoms with Gasteiger partial charge >= 0.3 is 0 Å². The van der Waals surface area contributed by atoms with Gasteiger partial charge < -0.3 is 10.6 Å². The van der Waals surface area contributed by atoms with Gasteiger partial charge in [0.15, 0.2) is 0 Å². The summed E-state index contributed by atoms with van der Waals surface area (Å²) in [7, 11) is 0. The molecule has 5 heteroatoms. The molecule has 19 heavy (non-hydrogen) atoms. The van der Waals surface area contributed by atoms with Gasteiger partial charge in [0.25, 0.3) is 5.91 Å². The molecule has 0 aliphatic carbocycles. The zero-order chi connectivity index (χ0) is 13.7. The molecule has 0 atom stereocenters. The molecule has 0 aliphatic rings. The number of pyridine rings is 1. The van der Waals surface area contributed by atoms with Crippen LogP contribution in [-0.2, 0) is 4.79 Å². The van der Waals surface area contributed by atoms with Crippen molar-refractivity contribution in [3.8, 4) is 0 Å². The van der Waals surface area contributed by atoms with E-state index < -0.39 is 0 Å². The predicted octanol–water partition coefficient (Wildman–Crippen LogP) is 2.29. The third-order valence-electron chi connectivity index (χ3n) is 2.42. The zero-order valence-electron chi connectivity index (χ0n) is 10.4. The van der Waals surface area contributed by atoms with E-state index >= 15 is 0 Å². The van der Waals surface area contributed by atoms with Crippen LogP contribution in [0.25, 0.3) is 0 Å². The second kappa shape index (κ2) is 5.77. The Balaban J connectivity index is 2.21. The largest absolute Gasteiger partial charge is 0.326 e. The number of hydrogen-bond acceptors (Lipinski definition) is 3. The van der Waals surface area contributed by atoms with E-state index in [1.807, 2.05) is 0 Å². The molecule has 2 amide bonds. The van der Waals surface area contributed by atoms with Gasteiger partial charge in [-0.25, -0.2) is 0 Å². The Morgan fingerprint density at radius 3 is 2.37 bits per heavy atom. The maximum Gasteiger partial charge on any atom is 0.257 e. The Labute approximate surface area is 110 Å². The summed E-state index contributed by atoms with van der Waals surface area (Å²) in [6.07, 6.45) is 3.19. The van der Waals surface area contributed by atoms with Crippen molar-refractivity contribution in [1.29, 1.82) is 0 Å². The van der Waals surface area contributed by atoms with Gasteiger partial charge in [-0.15, -0.1) is 0 Å². The van der Waals surface area contributed by atoms with Crippen LogP contribution in [-0.4, -0.2) is 16.8 Å². The van der Waals surface area contributed by atoms with E-state index in [1.54, 1.807) is 48.8 Å². The molecule has 2 aromatic rings. The number of benzene rings is 1. The van der Waals surface area contributed by atoms with E-state index in [-0.39, 0.29) is 11.8 Å². The van der Waals surface area contributed by atoms with Gasteiger partial charge in [-0.05, 0) is 24.3 Å². The summed E-state index contributed by atoms with van der Waals surface area (Å²) in [4.78, 5) is 27.1. The fraction of sp³-hybridized carbons (Fsp3) is 0.0714. The van der Waals surface area contributed by atoms with Crippen LogP contribution in [0.2, 0.25) is 0 Å². The van der Waals surface area contributed by atoms with E-state index in [9.17, 15) is 9.59 Å². The fourth-order valence-corrected chi connectivity index (χ4v) is 1.61. The molecule has 2 N–H and O–H groups in total. The lowest BCUT2D eigenvalue weighted by Crippen LogP contribution is -2.16. The van der Waals surface area contributed by atoms with Crippen LogP contribution in [0.4, 0.5) is 11.4 Å². The fourth-order valence-electron chi connectivity index (χ4n) is 1.61. The van der Waals surface area contributed by atoms with Crippen molar-refractivity contribution < 1.29 is 9.59 Å². The smallest absolute Gasteiger partial charge is 0.257 e. The lowest BCUT2D eigenvalue weighted by atomic mass is 10.1. The monoisotopic (exact) mass is 255 g/mol. The van der Waals surface area contributed by atoms with Gasteiger partial charge in [0, 0.05) is 25.0 Å². The standard InChI is InChI=1S/C14H13N3O2/c1-10(18)16-13-5-3-2-4-12(13)14(19)17-11-6-8-15-9-7-11/h2-9H,1H3,(H,16,18)(H,15,17,19). The average molecular weight is 255 g/mol. The Hall–Kier alpha value is -2.69. The first-order chi connectivity index (χ1) is 9.16. The quantitative estimate of drug-likeness (QED) is 0.884. The molecule has 0 aliphatic heterocycles. The molecule has 0 radical (unpaired) electrons. The Morgan fingerprint density at radius 2 is 1.68 bits per heavy atom. The van der Waals surface area contributed by atoms with Crippen molar-refractivity contribution in [3.05, 3.63) is 54.4 Å². The first kappa shape index (κ1) is 12.8. The van der Waals surface area contributed by atoms with Crippen LogP contribution in [0.5, 0.6) is 0 Å². The number of para-hydroxylation sites is 1. The van der Waals surface area contributed by atoms with Crippen molar-refractivity contribution in [3.63, 3.8) is 0 Å². The number of anilines is 2. The maximum atomic E-state index is 12.1. The minimum atomic E-state index is -0.282. The van der Waals surface area contributed by atoms with E-state index in [4.69, 9.17) is 0 Å². The number of hydrogen-bond donors (Lipinski definition) is 2. The number of carbonyl (C=O) groups is 2. The lowest BCUT2D eigenvalue weighted by molar-refractivity contribution is -0.114. The topological polar surface area (TPSA) is 71.1 Å². The Kier molecular flexibility index (Phi) is 3.87. The molecule has 1 heterocycles. The third-order valence-corrected chi connectivity index (χ3v) is 2.42. The number of amides is 2. The summed E-state index contributed by atoms with van der Waals surface area (Å²) in [5, 5.41) is 5.37. The maximum absolute atomic E-state index is 12.1. The second-order valence-electron chi connectivity index (χ2n) is 3.92. The van der Waals surface area contributed by atoms with E-state index in [1.165, 1.54) is 6.92 Å². The SMILES string of the molecule is CC(=O)Nc1ccccc1C(=O)Nc1ccncc1. The summed E-state index contributed by atoms with van der Waals surface area (Å²) in [6, 6.07) is 10.2. The van der Waals surface area contributed by atoms with Crippen LogP contribution in [0.3, 0.4) is 0 Å². The van der Waals surface area contributed by atoms with Crippen molar-refractivity contribution in [2.24, 2.45) is 0 Å². The minimum Gasteiger partial charge on any atom is -0.326 e. The molecule has 0 spiro atoms. The van der Waals surface area contributed by atoms with Crippen LogP contribution in [0.1, 0.15) is 17.3 Å². The van der Waals surface area contributed by atoms with Gasteiger partial charge in [-0.1, -0.05) is 12.1 Å². The van der Waals surface area contributed by atoms with Crippen LogP contribution in [0.15, 0.2) is 48.8 Å². The number of aromatic nitrogens is 1. The normalized spacial score (nSPS) is 9.74. The molecule has 1 aromatic carbocycles. The summed E-state index contributed by atoms with van der Waals surface area (Å²) >= 11 is 0. The van der Waals surface area contributed by atoms with Crippen LogP contribution < -0.4 is 10.6 Å².